The molecule has 1 unspecified atom stereocenters. The summed E-state index contributed by atoms with van der Waals surface area (Å²) >= 11 is 7.01. The van der Waals surface area contributed by atoms with Crippen molar-refractivity contribution in [2.45, 2.75) is 12.6 Å². The zero-order valence-electron chi connectivity index (χ0n) is 10.2. The minimum Gasteiger partial charge on any atom is -0.491 e. The minimum atomic E-state index is 0.277. The van der Waals surface area contributed by atoms with Gasteiger partial charge in [0, 0.05) is 21.1 Å². The standard InChI is InChI=1S/C15H13Br2NO/c16-12-6-5-10(7-13(12)17)8-18-14-9-19-15-4-2-1-3-11(14)15/h1-7,14,18H,8-9H2. The molecule has 0 spiro atoms. The Morgan fingerprint density at radius 3 is 2.79 bits per heavy atom. The largest absolute Gasteiger partial charge is 0.491 e. The second-order valence-electron chi connectivity index (χ2n) is 4.53. The van der Waals surface area contributed by atoms with E-state index in [4.69, 9.17) is 4.74 Å². The first-order valence-electron chi connectivity index (χ1n) is 6.13. The number of nitrogens with one attached hydrogen (secondary N) is 1. The van der Waals surface area contributed by atoms with Crippen LogP contribution in [0.15, 0.2) is 51.4 Å². The van der Waals surface area contributed by atoms with Gasteiger partial charge in [0.2, 0.25) is 0 Å². The molecule has 1 atom stereocenters. The minimum absolute atomic E-state index is 0.277. The van der Waals surface area contributed by atoms with E-state index in [-0.39, 0.29) is 6.04 Å². The molecule has 2 aromatic carbocycles. The Labute approximate surface area is 129 Å². The van der Waals surface area contributed by atoms with Crippen LogP contribution in [0.4, 0.5) is 0 Å². The molecule has 0 fully saturated rings. The Hall–Kier alpha value is -0.840. The van der Waals surface area contributed by atoms with E-state index in [2.05, 4.69) is 67.5 Å². The summed E-state index contributed by atoms with van der Waals surface area (Å²) < 4.78 is 7.82. The van der Waals surface area contributed by atoms with Crippen LogP contribution < -0.4 is 10.1 Å². The van der Waals surface area contributed by atoms with Crippen LogP contribution >= 0.6 is 31.9 Å². The lowest BCUT2D eigenvalue weighted by Gasteiger charge is -2.12. The molecule has 2 aromatic rings. The number of hydrogen-bond donors (Lipinski definition) is 1. The zero-order chi connectivity index (χ0) is 13.2. The quantitative estimate of drug-likeness (QED) is 0.847. The number of benzene rings is 2. The van der Waals surface area contributed by atoms with Crippen molar-refractivity contribution in [2.24, 2.45) is 0 Å². The van der Waals surface area contributed by atoms with Crippen molar-refractivity contribution in [3.63, 3.8) is 0 Å². The van der Waals surface area contributed by atoms with Gasteiger partial charge in [0.05, 0.1) is 6.04 Å². The fraction of sp³-hybridized carbons (Fsp3) is 0.200. The molecule has 1 N–H and O–H groups in total. The third-order valence-electron chi connectivity index (χ3n) is 3.24. The van der Waals surface area contributed by atoms with Crippen LogP contribution in [0.2, 0.25) is 0 Å². The Kier molecular flexibility index (Phi) is 3.91. The molecule has 4 heteroatoms. The van der Waals surface area contributed by atoms with E-state index in [9.17, 15) is 0 Å². The van der Waals surface area contributed by atoms with Crippen LogP contribution in [0.25, 0.3) is 0 Å². The Morgan fingerprint density at radius 1 is 1.11 bits per heavy atom. The average Bonchev–Trinajstić information content (AvgIpc) is 2.83. The summed E-state index contributed by atoms with van der Waals surface area (Å²) in [5, 5.41) is 3.54. The van der Waals surface area contributed by atoms with Crippen molar-refractivity contribution >= 4 is 31.9 Å². The molecule has 0 saturated carbocycles. The van der Waals surface area contributed by atoms with E-state index in [0.717, 1.165) is 21.2 Å². The van der Waals surface area contributed by atoms with Crippen LogP contribution in [-0.2, 0) is 6.54 Å². The van der Waals surface area contributed by atoms with Crippen LogP contribution in [0, 0.1) is 0 Å². The highest BCUT2D eigenvalue weighted by atomic mass is 79.9. The molecule has 0 aromatic heterocycles. The average molecular weight is 383 g/mol. The molecular formula is C15H13Br2NO. The van der Waals surface area contributed by atoms with E-state index in [1.807, 2.05) is 12.1 Å². The first-order valence-corrected chi connectivity index (χ1v) is 7.71. The van der Waals surface area contributed by atoms with Gasteiger partial charge in [0.1, 0.15) is 12.4 Å². The Bertz CT molecular complexity index is 600. The highest BCUT2D eigenvalue weighted by Gasteiger charge is 2.22. The maximum absolute atomic E-state index is 5.66. The topological polar surface area (TPSA) is 21.3 Å². The van der Waals surface area contributed by atoms with Gasteiger partial charge in [-0.15, -0.1) is 0 Å². The van der Waals surface area contributed by atoms with Crippen molar-refractivity contribution < 1.29 is 4.74 Å². The SMILES string of the molecule is Brc1ccc(CNC2COc3ccccc32)cc1Br. The molecule has 3 rings (SSSR count). The van der Waals surface area contributed by atoms with Crippen molar-refractivity contribution in [3.8, 4) is 5.75 Å². The maximum Gasteiger partial charge on any atom is 0.124 e. The predicted molar refractivity (Wildman–Crippen MR) is 83.4 cm³/mol. The van der Waals surface area contributed by atoms with Crippen LogP contribution in [0.3, 0.4) is 0 Å². The van der Waals surface area contributed by atoms with E-state index in [1.165, 1.54) is 11.1 Å². The summed E-state index contributed by atoms with van der Waals surface area (Å²) in [7, 11) is 0. The van der Waals surface area contributed by atoms with Crippen LogP contribution in [0.5, 0.6) is 5.75 Å². The normalized spacial score (nSPS) is 17.1. The molecule has 0 radical (unpaired) electrons. The molecule has 0 amide bonds. The number of halogens is 2. The predicted octanol–water partition coefficient (Wildman–Crippen LogP) is 4.43. The Balaban J connectivity index is 1.69. The van der Waals surface area contributed by atoms with E-state index < -0.39 is 0 Å². The summed E-state index contributed by atoms with van der Waals surface area (Å²) in [6, 6.07) is 14.8. The van der Waals surface area contributed by atoms with Crippen molar-refractivity contribution in [2.75, 3.05) is 6.61 Å². The number of rotatable bonds is 3. The lowest BCUT2D eigenvalue weighted by Crippen LogP contribution is -2.21. The summed E-state index contributed by atoms with van der Waals surface area (Å²) in [6.07, 6.45) is 0. The van der Waals surface area contributed by atoms with Crippen molar-refractivity contribution in [3.05, 3.63) is 62.5 Å². The third kappa shape index (κ3) is 2.86. The summed E-state index contributed by atoms with van der Waals surface area (Å²) in [5.74, 6) is 0.997. The van der Waals surface area contributed by atoms with Gasteiger partial charge in [-0.05, 0) is 55.6 Å². The zero-order valence-corrected chi connectivity index (χ0v) is 13.4. The van der Waals surface area contributed by atoms with E-state index >= 15 is 0 Å². The van der Waals surface area contributed by atoms with Gasteiger partial charge in [-0.1, -0.05) is 24.3 Å². The van der Waals surface area contributed by atoms with Crippen molar-refractivity contribution in [1.29, 1.82) is 0 Å². The third-order valence-corrected chi connectivity index (χ3v) is 5.12. The molecule has 2 nitrogen and oxygen atoms in total. The first kappa shape index (κ1) is 13.2. The monoisotopic (exact) mass is 381 g/mol. The molecule has 1 aliphatic rings. The number of hydrogen-bond acceptors (Lipinski definition) is 2. The van der Waals surface area contributed by atoms with Crippen LogP contribution in [0.1, 0.15) is 17.2 Å². The fourth-order valence-electron chi connectivity index (χ4n) is 2.22. The van der Waals surface area contributed by atoms with E-state index in [0.29, 0.717) is 6.61 Å². The molecule has 0 saturated heterocycles. The van der Waals surface area contributed by atoms with Gasteiger partial charge in [-0.3, -0.25) is 0 Å². The molecule has 0 aliphatic carbocycles. The van der Waals surface area contributed by atoms with Crippen molar-refractivity contribution in [1.82, 2.24) is 5.32 Å². The van der Waals surface area contributed by atoms with Gasteiger partial charge < -0.3 is 10.1 Å². The molecule has 98 valence electrons. The van der Waals surface area contributed by atoms with Gasteiger partial charge >= 0.3 is 0 Å². The number of para-hydroxylation sites is 1. The molecule has 19 heavy (non-hydrogen) atoms. The lowest BCUT2D eigenvalue weighted by molar-refractivity contribution is 0.310. The van der Waals surface area contributed by atoms with E-state index in [1.54, 1.807) is 0 Å². The number of fused-ring (bicyclic) bond motifs is 1. The van der Waals surface area contributed by atoms with Gasteiger partial charge in [-0.2, -0.15) is 0 Å². The van der Waals surface area contributed by atoms with Gasteiger partial charge in [0.15, 0.2) is 0 Å². The highest BCUT2D eigenvalue weighted by molar-refractivity contribution is 9.13. The Morgan fingerprint density at radius 2 is 1.95 bits per heavy atom. The lowest BCUT2D eigenvalue weighted by atomic mass is 10.1. The maximum atomic E-state index is 5.66. The molecular weight excluding hydrogens is 370 g/mol. The summed E-state index contributed by atoms with van der Waals surface area (Å²) in [4.78, 5) is 0. The molecule has 1 heterocycles. The summed E-state index contributed by atoms with van der Waals surface area (Å²) in [5.41, 5.74) is 2.50. The second kappa shape index (κ2) is 5.65. The fourth-order valence-corrected chi connectivity index (χ4v) is 2.90. The smallest absolute Gasteiger partial charge is 0.124 e. The molecule has 1 aliphatic heterocycles. The van der Waals surface area contributed by atoms with Gasteiger partial charge in [0.25, 0.3) is 0 Å². The molecule has 0 bridgehead atoms. The second-order valence-corrected chi connectivity index (χ2v) is 6.24. The highest BCUT2D eigenvalue weighted by Crippen LogP contribution is 2.32. The van der Waals surface area contributed by atoms with Gasteiger partial charge in [-0.25, -0.2) is 0 Å². The first-order chi connectivity index (χ1) is 9.24. The van der Waals surface area contributed by atoms with Crippen LogP contribution in [-0.4, -0.2) is 6.61 Å². The summed E-state index contributed by atoms with van der Waals surface area (Å²) in [6.45, 7) is 1.53. The number of ether oxygens (including phenoxy) is 1.